The summed E-state index contributed by atoms with van der Waals surface area (Å²) >= 11 is 0. The third kappa shape index (κ3) is 2.31. The maximum atomic E-state index is 9.62. The highest BCUT2D eigenvalue weighted by Crippen LogP contribution is 2.28. The molecular formula is C10H20N4O3. The predicted molar refractivity (Wildman–Crippen MR) is 60.9 cm³/mol. The monoisotopic (exact) mass is 244 g/mol. The van der Waals surface area contributed by atoms with Crippen LogP contribution < -0.4 is 10.7 Å². The van der Waals surface area contributed by atoms with Gasteiger partial charge < -0.3 is 20.4 Å². The number of guanidine groups is 1. The lowest BCUT2D eigenvalue weighted by Crippen LogP contribution is -2.68. The summed E-state index contributed by atoms with van der Waals surface area (Å²) in [5.74, 6) is 0.500. The molecule has 17 heavy (non-hydrogen) atoms. The Morgan fingerprint density at radius 3 is 2.65 bits per heavy atom. The van der Waals surface area contributed by atoms with Gasteiger partial charge in [-0.2, -0.15) is 0 Å². The van der Waals surface area contributed by atoms with Gasteiger partial charge in [0.25, 0.3) is 5.96 Å². The minimum Gasteiger partial charge on any atom is -0.408 e. The fraction of sp³-hybridized carbons (Fsp3) is 0.900. The summed E-state index contributed by atoms with van der Waals surface area (Å²) in [6.45, 7) is 5.93. The Bertz CT molecular complexity index is 312. The molecule has 0 aromatic heterocycles. The molecule has 2 heterocycles. The lowest BCUT2D eigenvalue weighted by Gasteiger charge is -2.41. The summed E-state index contributed by atoms with van der Waals surface area (Å²) in [4.78, 5) is 0. The van der Waals surface area contributed by atoms with Crippen LogP contribution in [0.2, 0.25) is 0 Å². The van der Waals surface area contributed by atoms with Gasteiger partial charge in [-0.3, -0.25) is 0 Å². The number of hydrogen-bond acceptors (Lipinski definition) is 5. The van der Waals surface area contributed by atoms with Crippen molar-refractivity contribution >= 4 is 5.96 Å². The van der Waals surface area contributed by atoms with Crippen LogP contribution in [0.5, 0.6) is 0 Å². The van der Waals surface area contributed by atoms with Gasteiger partial charge in [0.05, 0.1) is 12.1 Å². The fourth-order valence-electron chi connectivity index (χ4n) is 2.33. The Kier molecular flexibility index (Phi) is 3.41. The van der Waals surface area contributed by atoms with Crippen LogP contribution in [0.4, 0.5) is 0 Å². The number of ether oxygens (including phenoxy) is 1. The highest BCUT2D eigenvalue weighted by atomic mass is 16.5. The van der Waals surface area contributed by atoms with Crippen LogP contribution in [-0.2, 0) is 4.74 Å². The molecule has 0 radical (unpaired) electrons. The summed E-state index contributed by atoms with van der Waals surface area (Å²) in [6, 6.07) is -0.188. The smallest absolute Gasteiger partial charge is 0.254 e. The van der Waals surface area contributed by atoms with Gasteiger partial charge in [-0.15, -0.1) is 0 Å². The molecular weight excluding hydrogens is 224 g/mol. The van der Waals surface area contributed by atoms with E-state index in [9.17, 15) is 5.11 Å². The standard InChI is InChI=1S/C10H20N4O3/c1-5-4-6(2)17-9(5)14-10(13-16)11-8(15)7(3)12-14/h5-9,12,15-16H,4H2,1-3H3,(H,11,13)/t5-,6+,7?,8?,9?/m0/s1. The van der Waals surface area contributed by atoms with Crippen LogP contribution in [0.3, 0.4) is 0 Å². The average Bonchev–Trinajstić information content (AvgIpc) is 2.61. The minimum absolute atomic E-state index is 0.180. The van der Waals surface area contributed by atoms with Crippen molar-refractivity contribution < 1.29 is 15.1 Å². The van der Waals surface area contributed by atoms with E-state index in [1.165, 1.54) is 0 Å². The second-order valence-corrected chi connectivity index (χ2v) is 4.85. The largest absolute Gasteiger partial charge is 0.408 e. The van der Waals surface area contributed by atoms with Crippen LogP contribution >= 0.6 is 0 Å². The van der Waals surface area contributed by atoms with Gasteiger partial charge in [0, 0.05) is 5.92 Å². The molecule has 98 valence electrons. The Hall–Kier alpha value is -1.05. The molecule has 2 fully saturated rings. The van der Waals surface area contributed by atoms with Gasteiger partial charge in [-0.05, 0) is 25.4 Å². The predicted octanol–water partition coefficient (Wildman–Crippen LogP) is -0.381. The van der Waals surface area contributed by atoms with Crippen LogP contribution in [0.25, 0.3) is 0 Å². The maximum Gasteiger partial charge on any atom is 0.254 e. The van der Waals surface area contributed by atoms with Gasteiger partial charge in [0.2, 0.25) is 0 Å². The number of hydrazine groups is 1. The van der Waals surface area contributed by atoms with E-state index in [1.54, 1.807) is 5.01 Å². The normalized spacial score (nSPS) is 45.1. The number of hydrogen-bond donors (Lipinski definition) is 4. The molecule has 5 atom stereocenters. The summed E-state index contributed by atoms with van der Waals surface area (Å²) in [5, 5.41) is 26.1. The van der Waals surface area contributed by atoms with E-state index in [1.807, 2.05) is 13.8 Å². The van der Waals surface area contributed by atoms with E-state index in [0.29, 0.717) is 5.92 Å². The van der Waals surface area contributed by atoms with Crippen LogP contribution in [0.15, 0.2) is 5.16 Å². The molecule has 2 rings (SSSR count). The second-order valence-electron chi connectivity index (χ2n) is 4.85. The molecule has 7 heteroatoms. The molecule has 0 amide bonds. The Morgan fingerprint density at radius 2 is 2.12 bits per heavy atom. The lowest BCUT2D eigenvalue weighted by molar-refractivity contribution is -0.0791. The molecule has 0 aromatic rings. The van der Waals surface area contributed by atoms with Crippen LogP contribution in [0.1, 0.15) is 27.2 Å². The quantitative estimate of drug-likeness (QED) is 0.371. The van der Waals surface area contributed by atoms with Crippen molar-refractivity contribution in [3.05, 3.63) is 0 Å². The third-order valence-electron chi connectivity index (χ3n) is 3.23. The van der Waals surface area contributed by atoms with E-state index >= 15 is 0 Å². The number of aliphatic hydroxyl groups is 1. The van der Waals surface area contributed by atoms with Crippen LogP contribution in [0, 0.1) is 5.92 Å². The number of nitrogens with zero attached hydrogens (tertiary/aromatic N) is 2. The number of oxime groups is 1. The number of nitrogens with one attached hydrogen (secondary N) is 2. The van der Waals surface area contributed by atoms with Crippen molar-refractivity contribution in [1.29, 1.82) is 0 Å². The Balaban J connectivity index is 2.13. The zero-order chi connectivity index (χ0) is 12.6. The van der Waals surface area contributed by atoms with Gasteiger partial charge in [0.1, 0.15) is 12.5 Å². The van der Waals surface area contributed by atoms with Gasteiger partial charge in [0.15, 0.2) is 0 Å². The minimum atomic E-state index is -0.786. The van der Waals surface area contributed by atoms with Gasteiger partial charge >= 0.3 is 0 Å². The first-order valence-corrected chi connectivity index (χ1v) is 5.90. The first-order valence-electron chi connectivity index (χ1n) is 5.90. The fourth-order valence-corrected chi connectivity index (χ4v) is 2.33. The van der Waals surface area contributed by atoms with Crippen molar-refractivity contribution in [3.8, 4) is 0 Å². The number of rotatable bonds is 1. The lowest BCUT2D eigenvalue weighted by atomic mass is 10.1. The molecule has 4 N–H and O–H groups in total. The van der Waals surface area contributed by atoms with E-state index in [0.717, 1.165) is 6.42 Å². The molecule has 3 unspecified atom stereocenters. The van der Waals surface area contributed by atoms with Gasteiger partial charge in [-0.1, -0.05) is 6.92 Å². The molecule has 0 aliphatic carbocycles. The molecule has 2 aliphatic heterocycles. The maximum absolute atomic E-state index is 9.62. The summed E-state index contributed by atoms with van der Waals surface area (Å²) in [5.41, 5.74) is 3.07. The van der Waals surface area contributed by atoms with Crippen molar-refractivity contribution in [2.75, 3.05) is 0 Å². The second kappa shape index (κ2) is 4.67. The SMILES string of the molecule is CC1NN(C2O[C@H](C)C[C@@H]2C)/C(=N/O)NC1O. The molecule has 2 saturated heterocycles. The van der Waals surface area contributed by atoms with E-state index in [2.05, 4.69) is 22.8 Å². The summed E-state index contributed by atoms with van der Waals surface area (Å²) in [6.07, 6.45) is 0.155. The van der Waals surface area contributed by atoms with E-state index < -0.39 is 6.23 Å². The highest BCUT2D eigenvalue weighted by Gasteiger charge is 2.40. The zero-order valence-corrected chi connectivity index (χ0v) is 10.3. The van der Waals surface area contributed by atoms with E-state index in [-0.39, 0.29) is 24.3 Å². The number of aliphatic hydroxyl groups excluding tert-OH is 1. The third-order valence-corrected chi connectivity index (χ3v) is 3.23. The summed E-state index contributed by atoms with van der Waals surface area (Å²) < 4.78 is 5.78. The molecule has 0 aromatic carbocycles. The molecule has 0 bridgehead atoms. The van der Waals surface area contributed by atoms with E-state index in [4.69, 9.17) is 9.94 Å². The zero-order valence-electron chi connectivity index (χ0n) is 10.3. The Morgan fingerprint density at radius 1 is 1.41 bits per heavy atom. The van der Waals surface area contributed by atoms with Crippen molar-refractivity contribution in [2.24, 2.45) is 11.1 Å². The van der Waals surface area contributed by atoms with Crippen LogP contribution in [-0.4, -0.2) is 45.9 Å². The molecule has 0 saturated carbocycles. The molecule has 0 spiro atoms. The van der Waals surface area contributed by atoms with Crippen molar-refractivity contribution in [1.82, 2.24) is 15.8 Å². The molecule has 2 aliphatic rings. The van der Waals surface area contributed by atoms with Crippen molar-refractivity contribution in [2.45, 2.75) is 51.8 Å². The first kappa shape index (κ1) is 12.4. The summed E-state index contributed by atoms with van der Waals surface area (Å²) in [7, 11) is 0. The first-order chi connectivity index (χ1) is 8.02. The van der Waals surface area contributed by atoms with Gasteiger partial charge in [-0.25, -0.2) is 10.4 Å². The Labute approximate surface area is 100 Å². The molecule has 7 nitrogen and oxygen atoms in total. The average molecular weight is 244 g/mol. The topological polar surface area (TPSA) is 89.4 Å². The van der Waals surface area contributed by atoms with Crippen molar-refractivity contribution in [3.63, 3.8) is 0 Å². The highest BCUT2D eigenvalue weighted by molar-refractivity contribution is 5.80.